The summed E-state index contributed by atoms with van der Waals surface area (Å²) in [6.07, 6.45) is 1.52. The Bertz CT molecular complexity index is 440. The standard InChI is InChI=1S/C13H15NO/c1-10-5-7-12(8-6-10)14-9-3-4-13(14)11(2)15/h3-9,11,15H,1-2H3. The fraction of sp³-hybridized carbons (Fsp3) is 0.231. The number of aryl methyl sites for hydroxylation is 1. The molecule has 0 spiro atoms. The molecule has 0 radical (unpaired) electrons. The lowest BCUT2D eigenvalue weighted by molar-refractivity contribution is 0.192. The maximum Gasteiger partial charge on any atom is 0.0915 e. The molecule has 1 aromatic heterocycles. The highest BCUT2D eigenvalue weighted by atomic mass is 16.3. The molecule has 15 heavy (non-hydrogen) atoms. The van der Waals surface area contributed by atoms with Crippen LogP contribution in [-0.4, -0.2) is 9.67 Å². The monoisotopic (exact) mass is 201 g/mol. The van der Waals surface area contributed by atoms with E-state index in [0.717, 1.165) is 11.4 Å². The lowest BCUT2D eigenvalue weighted by atomic mass is 10.2. The Morgan fingerprint density at radius 3 is 2.40 bits per heavy atom. The largest absolute Gasteiger partial charge is 0.387 e. The van der Waals surface area contributed by atoms with Crippen LogP contribution in [0.1, 0.15) is 24.3 Å². The van der Waals surface area contributed by atoms with Crippen molar-refractivity contribution in [2.45, 2.75) is 20.0 Å². The van der Waals surface area contributed by atoms with Crippen molar-refractivity contribution in [1.82, 2.24) is 4.57 Å². The van der Waals surface area contributed by atoms with Crippen molar-refractivity contribution >= 4 is 0 Å². The normalized spacial score (nSPS) is 12.7. The summed E-state index contributed by atoms with van der Waals surface area (Å²) in [5.41, 5.74) is 3.24. The van der Waals surface area contributed by atoms with E-state index >= 15 is 0 Å². The van der Waals surface area contributed by atoms with Gasteiger partial charge in [-0.15, -0.1) is 0 Å². The summed E-state index contributed by atoms with van der Waals surface area (Å²) in [5, 5.41) is 9.59. The van der Waals surface area contributed by atoms with E-state index in [1.807, 2.05) is 22.9 Å². The van der Waals surface area contributed by atoms with Crippen molar-refractivity contribution < 1.29 is 5.11 Å². The fourth-order valence-electron chi connectivity index (χ4n) is 1.68. The van der Waals surface area contributed by atoms with Crippen LogP contribution in [0.2, 0.25) is 0 Å². The molecule has 0 saturated carbocycles. The van der Waals surface area contributed by atoms with Crippen LogP contribution in [0.4, 0.5) is 0 Å². The van der Waals surface area contributed by atoms with Gasteiger partial charge in [0.25, 0.3) is 0 Å². The van der Waals surface area contributed by atoms with Crippen LogP contribution in [0.15, 0.2) is 42.6 Å². The van der Waals surface area contributed by atoms with E-state index in [-0.39, 0.29) is 0 Å². The van der Waals surface area contributed by atoms with E-state index in [4.69, 9.17) is 0 Å². The molecule has 0 aliphatic rings. The zero-order valence-corrected chi connectivity index (χ0v) is 9.01. The molecule has 0 bridgehead atoms. The number of nitrogens with zero attached hydrogens (tertiary/aromatic N) is 1. The maximum atomic E-state index is 9.59. The van der Waals surface area contributed by atoms with Crippen molar-refractivity contribution in [2.75, 3.05) is 0 Å². The topological polar surface area (TPSA) is 25.2 Å². The van der Waals surface area contributed by atoms with E-state index in [1.165, 1.54) is 5.56 Å². The molecule has 2 nitrogen and oxygen atoms in total. The fourth-order valence-corrected chi connectivity index (χ4v) is 1.68. The van der Waals surface area contributed by atoms with Crippen LogP contribution in [-0.2, 0) is 0 Å². The van der Waals surface area contributed by atoms with Crippen molar-refractivity contribution in [2.24, 2.45) is 0 Å². The zero-order chi connectivity index (χ0) is 10.8. The third-order valence-electron chi connectivity index (χ3n) is 2.52. The van der Waals surface area contributed by atoms with Crippen LogP contribution >= 0.6 is 0 Å². The van der Waals surface area contributed by atoms with Crippen LogP contribution in [0.3, 0.4) is 0 Å². The summed E-state index contributed by atoms with van der Waals surface area (Å²) in [5.74, 6) is 0. The SMILES string of the molecule is Cc1ccc(-n2cccc2C(C)O)cc1. The molecule has 2 rings (SSSR count). The summed E-state index contributed by atoms with van der Waals surface area (Å²) in [4.78, 5) is 0. The van der Waals surface area contributed by atoms with Gasteiger partial charge in [-0.3, -0.25) is 0 Å². The number of aromatic nitrogens is 1. The number of aliphatic hydroxyl groups is 1. The Labute approximate surface area is 89.8 Å². The van der Waals surface area contributed by atoms with Gasteiger partial charge in [0, 0.05) is 11.9 Å². The molecular weight excluding hydrogens is 186 g/mol. The Morgan fingerprint density at radius 1 is 1.13 bits per heavy atom. The predicted molar refractivity (Wildman–Crippen MR) is 61.1 cm³/mol. The minimum absolute atomic E-state index is 0.443. The summed E-state index contributed by atoms with van der Waals surface area (Å²) in [6, 6.07) is 12.1. The average molecular weight is 201 g/mol. The van der Waals surface area contributed by atoms with Crippen LogP contribution < -0.4 is 0 Å². The molecule has 0 fully saturated rings. The number of aliphatic hydroxyl groups excluding tert-OH is 1. The minimum atomic E-state index is -0.443. The van der Waals surface area contributed by atoms with E-state index in [9.17, 15) is 5.11 Å². The molecule has 1 atom stereocenters. The van der Waals surface area contributed by atoms with Gasteiger partial charge in [-0.2, -0.15) is 0 Å². The maximum absolute atomic E-state index is 9.59. The Morgan fingerprint density at radius 2 is 1.80 bits per heavy atom. The predicted octanol–water partition coefficient (Wildman–Crippen LogP) is 2.84. The highest BCUT2D eigenvalue weighted by Gasteiger charge is 2.07. The molecule has 2 aromatic rings. The average Bonchev–Trinajstić information content (AvgIpc) is 2.67. The van der Waals surface area contributed by atoms with Gasteiger partial charge in [-0.25, -0.2) is 0 Å². The van der Waals surface area contributed by atoms with E-state index in [2.05, 4.69) is 31.2 Å². The second-order valence-corrected chi connectivity index (χ2v) is 3.81. The Kier molecular flexibility index (Phi) is 2.60. The molecule has 1 N–H and O–H groups in total. The molecular formula is C13H15NO. The van der Waals surface area contributed by atoms with E-state index < -0.39 is 6.10 Å². The first-order chi connectivity index (χ1) is 7.18. The first-order valence-corrected chi connectivity index (χ1v) is 5.11. The quantitative estimate of drug-likeness (QED) is 0.794. The Balaban J connectivity index is 2.45. The first kappa shape index (κ1) is 9.99. The second kappa shape index (κ2) is 3.91. The van der Waals surface area contributed by atoms with Gasteiger partial charge < -0.3 is 9.67 Å². The van der Waals surface area contributed by atoms with Crippen molar-refractivity contribution in [1.29, 1.82) is 0 Å². The molecule has 1 aromatic carbocycles. The van der Waals surface area contributed by atoms with Crippen LogP contribution in [0.5, 0.6) is 0 Å². The van der Waals surface area contributed by atoms with Gasteiger partial charge in [0.15, 0.2) is 0 Å². The van der Waals surface area contributed by atoms with E-state index in [0.29, 0.717) is 0 Å². The number of rotatable bonds is 2. The molecule has 0 aliphatic heterocycles. The highest BCUT2D eigenvalue weighted by Crippen LogP contribution is 2.18. The minimum Gasteiger partial charge on any atom is -0.387 e. The van der Waals surface area contributed by atoms with Gasteiger partial charge >= 0.3 is 0 Å². The van der Waals surface area contributed by atoms with Gasteiger partial charge in [-0.05, 0) is 38.1 Å². The first-order valence-electron chi connectivity index (χ1n) is 5.11. The van der Waals surface area contributed by atoms with Gasteiger partial charge in [-0.1, -0.05) is 17.7 Å². The summed E-state index contributed by atoms with van der Waals surface area (Å²) < 4.78 is 2.00. The smallest absolute Gasteiger partial charge is 0.0915 e. The number of benzene rings is 1. The number of hydrogen-bond acceptors (Lipinski definition) is 1. The Hall–Kier alpha value is -1.54. The third kappa shape index (κ3) is 1.95. The van der Waals surface area contributed by atoms with Crippen LogP contribution in [0.25, 0.3) is 5.69 Å². The number of hydrogen-bond donors (Lipinski definition) is 1. The molecule has 0 saturated heterocycles. The lowest BCUT2D eigenvalue weighted by Crippen LogP contribution is -2.01. The second-order valence-electron chi connectivity index (χ2n) is 3.81. The molecule has 2 heteroatoms. The van der Waals surface area contributed by atoms with Crippen molar-refractivity contribution in [3.05, 3.63) is 53.9 Å². The molecule has 1 heterocycles. The summed E-state index contributed by atoms with van der Waals surface area (Å²) >= 11 is 0. The van der Waals surface area contributed by atoms with Crippen molar-refractivity contribution in [3.63, 3.8) is 0 Å². The molecule has 0 amide bonds. The highest BCUT2D eigenvalue weighted by molar-refractivity contribution is 5.37. The summed E-state index contributed by atoms with van der Waals surface area (Å²) in [7, 11) is 0. The molecule has 0 aliphatic carbocycles. The van der Waals surface area contributed by atoms with Crippen molar-refractivity contribution in [3.8, 4) is 5.69 Å². The van der Waals surface area contributed by atoms with E-state index in [1.54, 1.807) is 6.92 Å². The molecule has 78 valence electrons. The van der Waals surface area contributed by atoms with Crippen LogP contribution in [0, 0.1) is 6.92 Å². The third-order valence-corrected chi connectivity index (χ3v) is 2.52. The van der Waals surface area contributed by atoms with Gasteiger partial charge in [0.05, 0.1) is 11.8 Å². The zero-order valence-electron chi connectivity index (χ0n) is 9.01. The summed E-state index contributed by atoms with van der Waals surface area (Å²) in [6.45, 7) is 3.84. The lowest BCUT2D eigenvalue weighted by Gasteiger charge is -2.11. The van der Waals surface area contributed by atoms with Gasteiger partial charge in [0.2, 0.25) is 0 Å². The van der Waals surface area contributed by atoms with Gasteiger partial charge in [0.1, 0.15) is 0 Å². The molecule has 1 unspecified atom stereocenters.